The van der Waals surface area contributed by atoms with Crippen molar-refractivity contribution in [3.05, 3.63) is 64.4 Å². The molecule has 0 spiro atoms. The van der Waals surface area contributed by atoms with Crippen LogP contribution in [0, 0.1) is 12.7 Å². The molecule has 0 unspecified atom stereocenters. The van der Waals surface area contributed by atoms with Gasteiger partial charge in [-0.15, -0.1) is 0 Å². The van der Waals surface area contributed by atoms with Crippen molar-refractivity contribution in [1.82, 2.24) is 14.7 Å². The van der Waals surface area contributed by atoms with Crippen molar-refractivity contribution < 1.29 is 14.0 Å². The maximum Gasteiger partial charge on any atom is 0.321 e. The second-order valence-corrected chi connectivity index (χ2v) is 8.49. The third kappa shape index (κ3) is 4.77. The largest absolute Gasteiger partial charge is 0.324 e. The summed E-state index contributed by atoms with van der Waals surface area (Å²) in [6, 6.07) is 11.7. The first-order valence-electron chi connectivity index (χ1n) is 10.5. The highest BCUT2D eigenvalue weighted by atomic mass is 35.5. The predicted molar refractivity (Wildman–Crippen MR) is 119 cm³/mol. The van der Waals surface area contributed by atoms with E-state index in [0.717, 1.165) is 24.0 Å². The minimum Gasteiger partial charge on any atom is -0.324 e. The van der Waals surface area contributed by atoms with Crippen LogP contribution in [0.3, 0.4) is 0 Å². The number of likely N-dealkylation sites (tertiary alicyclic amines) is 1. The molecule has 0 atom stereocenters. The summed E-state index contributed by atoms with van der Waals surface area (Å²) in [5, 5.41) is 3.56. The number of hydrogen-bond acceptors (Lipinski definition) is 2. The molecular weight excluding hydrogens is 419 g/mol. The molecule has 2 aromatic rings. The van der Waals surface area contributed by atoms with Gasteiger partial charge in [-0.3, -0.25) is 0 Å². The lowest BCUT2D eigenvalue weighted by atomic mass is 10.0. The number of rotatable bonds is 4. The molecule has 2 saturated heterocycles. The fraction of sp³-hybridized carbons (Fsp3) is 0.391. The van der Waals surface area contributed by atoms with Crippen LogP contribution >= 0.6 is 11.6 Å². The van der Waals surface area contributed by atoms with Gasteiger partial charge < -0.3 is 20.0 Å². The summed E-state index contributed by atoms with van der Waals surface area (Å²) in [6.07, 6.45) is 1.50. The molecule has 2 aliphatic heterocycles. The molecule has 2 aliphatic rings. The number of carbonyl (C=O) groups excluding carboxylic acids is 2. The molecule has 6 nitrogen and oxygen atoms in total. The Hall–Kier alpha value is -2.80. The van der Waals surface area contributed by atoms with Crippen molar-refractivity contribution in [2.24, 2.45) is 0 Å². The number of nitrogens with one attached hydrogen (secondary N) is 1. The van der Waals surface area contributed by atoms with Crippen molar-refractivity contribution in [2.45, 2.75) is 32.4 Å². The van der Waals surface area contributed by atoms with E-state index in [-0.39, 0.29) is 23.9 Å². The van der Waals surface area contributed by atoms with Crippen LogP contribution in [0.15, 0.2) is 42.5 Å². The van der Waals surface area contributed by atoms with Gasteiger partial charge in [-0.05, 0) is 55.2 Å². The fourth-order valence-electron chi connectivity index (χ4n) is 4.21. The first-order chi connectivity index (χ1) is 14.9. The molecular formula is C23H26ClFN4O2. The smallest absolute Gasteiger partial charge is 0.321 e. The highest BCUT2D eigenvalue weighted by molar-refractivity contribution is 6.31. The van der Waals surface area contributed by atoms with Gasteiger partial charge in [0.15, 0.2) is 0 Å². The van der Waals surface area contributed by atoms with Gasteiger partial charge in [0, 0.05) is 49.5 Å². The van der Waals surface area contributed by atoms with E-state index in [2.05, 4.69) is 5.32 Å². The van der Waals surface area contributed by atoms with Crippen molar-refractivity contribution in [3.8, 4) is 0 Å². The van der Waals surface area contributed by atoms with Gasteiger partial charge in [-0.2, -0.15) is 0 Å². The van der Waals surface area contributed by atoms with E-state index in [1.807, 2.05) is 24.0 Å². The number of halogens is 2. The SMILES string of the molecule is Cc1c(Cl)cccc1NC(=O)N1CCC(N2CCN(Cc3ccc(F)cc3)C2=O)CC1. The maximum atomic E-state index is 13.1. The molecule has 0 radical (unpaired) electrons. The summed E-state index contributed by atoms with van der Waals surface area (Å²) < 4.78 is 13.1. The molecule has 8 heteroatoms. The Balaban J connectivity index is 1.29. The molecule has 0 saturated carbocycles. The molecule has 2 fully saturated rings. The molecule has 1 N–H and O–H groups in total. The number of amides is 4. The summed E-state index contributed by atoms with van der Waals surface area (Å²) >= 11 is 6.14. The summed E-state index contributed by atoms with van der Waals surface area (Å²) in [5.74, 6) is -0.278. The monoisotopic (exact) mass is 444 g/mol. The first kappa shape index (κ1) is 21.4. The van der Waals surface area contributed by atoms with Gasteiger partial charge in [-0.25, -0.2) is 14.0 Å². The Morgan fingerprint density at radius 1 is 1.10 bits per heavy atom. The van der Waals surface area contributed by atoms with Crippen LogP contribution in [0.4, 0.5) is 19.7 Å². The number of hydrogen-bond donors (Lipinski definition) is 1. The topological polar surface area (TPSA) is 55.9 Å². The number of anilines is 1. The predicted octanol–water partition coefficient (Wildman–Crippen LogP) is 4.72. The fourth-order valence-corrected chi connectivity index (χ4v) is 4.39. The Morgan fingerprint density at radius 2 is 1.81 bits per heavy atom. The molecule has 31 heavy (non-hydrogen) atoms. The average molecular weight is 445 g/mol. The summed E-state index contributed by atoms with van der Waals surface area (Å²) in [7, 11) is 0. The van der Waals surface area contributed by atoms with Gasteiger partial charge in [-0.1, -0.05) is 29.8 Å². The summed E-state index contributed by atoms with van der Waals surface area (Å²) in [4.78, 5) is 31.0. The van der Waals surface area contributed by atoms with Gasteiger partial charge in [0.1, 0.15) is 5.82 Å². The van der Waals surface area contributed by atoms with E-state index in [1.54, 1.807) is 28.0 Å². The number of carbonyl (C=O) groups is 2. The van der Waals surface area contributed by atoms with Crippen LogP contribution in [0.25, 0.3) is 0 Å². The van der Waals surface area contributed by atoms with E-state index < -0.39 is 0 Å². The number of nitrogens with zero attached hydrogens (tertiary/aromatic N) is 3. The summed E-state index contributed by atoms with van der Waals surface area (Å²) in [6.45, 7) is 4.88. The van der Waals surface area contributed by atoms with E-state index in [0.29, 0.717) is 43.4 Å². The highest BCUT2D eigenvalue weighted by Gasteiger charge is 2.36. The Bertz CT molecular complexity index is 961. The van der Waals surface area contributed by atoms with Crippen LogP contribution in [0.1, 0.15) is 24.0 Å². The second-order valence-electron chi connectivity index (χ2n) is 8.08. The van der Waals surface area contributed by atoms with Gasteiger partial charge >= 0.3 is 12.1 Å². The molecule has 0 bridgehead atoms. The quantitative estimate of drug-likeness (QED) is 0.741. The molecule has 164 valence electrons. The van der Waals surface area contributed by atoms with Crippen LogP contribution in [-0.2, 0) is 6.54 Å². The van der Waals surface area contributed by atoms with Crippen molar-refractivity contribution in [1.29, 1.82) is 0 Å². The van der Waals surface area contributed by atoms with E-state index in [4.69, 9.17) is 11.6 Å². The van der Waals surface area contributed by atoms with E-state index in [1.165, 1.54) is 12.1 Å². The third-order valence-corrected chi connectivity index (χ3v) is 6.52. The van der Waals surface area contributed by atoms with Crippen LogP contribution in [-0.4, -0.2) is 59.0 Å². The van der Waals surface area contributed by atoms with Crippen molar-refractivity contribution in [2.75, 3.05) is 31.5 Å². The van der Waals surface area contributed by atoms with Gasteiger partial charge in [0.25, 0.3) is 0 Å². The van der Waals surface area contributed by atoms with Crippen LogP contribution in [0.2, 0.25) is 5.02 Å². The Morgan fingerprint density at radius 3 is 2.52 bits per heavy atom. The average Bonchev–Trinajstić information content (AvgIpc) is 3.13. The summed E-state index contributed by atoms with van der Waals surface area (Å²) in [5.41, 5.74) is 2.47. The number of urea groups is 2. The first-order valence-corrected chi connectivity index (χ1v) is 10.9. The van der Waals surface area contributed by atoms with Crippen molar-refractivity contribution in [3.63, 3.8) is 0 Å². The molecule has 4 amide bonds. The maximum absolute atomic E-state index is 13.1. The van der Waals surface area contributed by atoms with Gasteiger partial charge in [0.2, 0.25) is 0 Å². The second kappa shape index (κ2) is 9.14. The minimum atomic E-state index is -0.278. The standard InChI is InChI=1S/C23H26ClFN4O2/c1-16-20(24)3-2-4-21(16)26-22(30)27-11-9-19(10-12-27)29-14-13-28(23(29)31)15-17-5-7-18(25)8-6-17/h2-8,19H,9-15H2,1H3,(H,26,30). The zero-order valence-electron chi connectivity index (χ0n) is 17.5. The minimum absolute atomic E-state index is 0.0155. The number of benzene rings is 2. The van der Waals surface area contributed by atoms with E-state index in [9.17, 15) is 14.0 Å². The normalized spacial score (nSPS) is 17.4. The molecule has 2 heterocycles. The van der Waals surface area contributed by atoms with Crippen LogP contribution < -0.4 is 5.32 Å². The number of piperidine rings is 1. The van der Waals surface area contributed by atoms with Crippen LogP contribution in [0.5, 0.6) is 0 Å². The van der Waals surface area contributed by atoms with E-state index >= 15 is 0 Å². The molecule has 0 aliphatic carbocycles. The van der Waals surface area contributed by atoms with Gasteiger partial charge in [0.05, 0.1) is 0 Å². The Kier molecular flexibility index (Phi) is 6.32. The third-order valence-electron chi connectivity index (χ3n) is 6.12. The zero-order valence-corrected chi connectivity index (χ0v) is 18.2. The molecule has 4 rings (SSSR count). The lowest BCUT2D eigenvalue weighted by Gasteiger charge is -2.36. The Labute approximate surface area is 186 Å². The lowest BCUT2D eigenvalue weighted by Crippen LogP contribution is -2.49. The highest BCUT2D eigenvalue weighted by Crippen LogP contribution is 2.25. The molecule has 0 aromatic heterocycles. The zero-order chi connectivity index (χ0) is 22.0. The lowest BCUT2D eigenvalue weighted by molar-refractivity contribution is 0.139. The molecule has 2 aromatic carbocycles. The van der Waals surface area contributed by atoms with Crippen molar-refractivity contribution >= 4 is 29.4 Å².